The molecule has 17 heavy (non-hydrogen) atoms. The van der Waals surface area contributed by atoms with Crippen molar-refractivity contribution in [1.82, 2.24) is 0 Å². The van der Waals surface area contributed by atoms with E-state index in [0.717, 1.165) is 0 Å². The topological polar surface area (TPSA) is 67.9 Å². The van der Waals surface area contributed by atoms with E-state index in [-0.39, 0.29) is 18.9 Å². The molecule has 0 radical (unpaired) electrons. The van der Waals surface area contributed by atoms with Crippen LogP contribution in [0, 0.1) is 22.7 Å². The van der Waals surface area contributed by atoms with E-state index in [1.165, 1.54) is 6.92 Å². The molecule has 0 fully saturated rings. The van der Waals surface area contributed by atoms with Crippen LogP contribution in [-0.2, 0) is 0 Å². The predicted molar refractivity (Wildman–Crippen MR) is 64.9 cm³/mol. The van der Waals surface area contributed by atoms with Crippen molar-refractivity contribution in [3.05, 3.63) is 28.8 Å². The zero-order chi connectivity index (χ0) is 12.8. The fourth-order valence-electron chi connectivity index (χ4n) is 1.40. The average molecular weight is 248 g/mol. The minimum absolute atomic E-state index is 0.101. The maximum atomic E-state index is 11.2. The Morgan fingerprint density at radius 2 is 1.94 bits per heavy atom. The summed E-state index contributed by atoms with van der Waals surface area (Å²) in [4.78, 5) is 12.8. The van der Waals surface area contributed by atoms with Crippen LogP contribution in [-0.4, -0.2) is 18.9 Å². The largest absolute Gasteiger partial charge is 0.345 e. The molecule has 0 heterocycles. The van der Waals surface area contributed by atoms with Gasteiger partial charge in [-0.1, -0.05) is 11.6 Å². The number of nitrogens with zero attached hydrogens (tertiary/aromatic N) is 3. The maximum absolute atomic E-state index is 11.2. The van der Waals surface area contributed by atoms with E-state index in [1.54, 1.807) is 23.1 Å². The molecule has 0 N–H and O–H groups in total. The van der Waals surface area contributed by atoms with Crippen LogP contribution in [0.5, 0.6) is 0 Å². The summed E-state index contributed by atoms with van der Waals surface area (Å²) in [6.45, 7) is 1.63. The molecule has 0 unspecified atom stereocenters. The van der Waals surface area contributed by atoms with E-state index >= 15 is 0 Å². The molecular formula is C12H10ClN3O. The number of carbonyl (C=O) groups is 1. The zero-order valence-electron chi connectivity index (χ0n) is 9.27. The highest BCUT2D eigenvalue weighted by atomic mass is 35.5. The monoisotopic (exact) mass is 247 g/mol. The molecule has 0 aliphatic rings. The van der Waals surface area contributed by atoms with Crippen molar-refractivity contribution in [1.29, 1.82) is 10.5 Å². The van der Waals surface area contributed by atoms with Gasteiger partial charge in [0.25, 0.3) is 0 Å². The minimum Gasteiger partial charge on any atom is -0.345 e. The predicted octanol–water partition coefficient (Wildman–Crippen LogP) is 2.40. The van der Waals surface area contributed by atoms with E-state index < -0.39 is 0 Å². The first-order valence-electron chi connectivity index (χ1n) is 4.89. The second-order valence-corrected chi connectivity index (χ2v) is 3.80. The number of hydrogen-bond donors (Lipinski definition) is 0. The SMILES string of the molecule is CC(=O)c1ccc(N(CC#N)CC#N)cc1Cl. The summed E-state index contributed by atoms with van der Waals surface area (Å²) in [6.07, 6.45) is 0. The molecule has 1 rings (SSSR count). The standard InChI is InChI=1S/C12H10ClN3O/c1-9(17)11-3-2-10(8-12(11)13)16(6-4-14)7-5-15/h2-3,8H,6-7H2,1H3. The van der Waals surface area contributed by atoms with Gasteiger partial charge in [-0.2, -0.15) is 10.5 Å². The Kier molecular flexibility index (Phi) is 4.51. The highest BCUT2D eigenvalue weighted by Gasteiger charge is 2.10. The Bertz CT molecular complexity index is 497. The van der Waals surface area contributed by atoms with Crippen LogP contribution in [0.25, 0.3) is 0 Å². The third kappa shape index (κ3) is 3.21. The van der Waals surface area contributed by atoms with Crippen LogP contribution in [0.15, 0.2) is 18.2 Å². The van der Waals surface area contributed by atoms with E-state index in [2.05, 4.69) is 0 Å². The van der Waals surface area contributed by atoms with Crippen LogP contribution in [0.3, 0.4) is 0 Å². The van der Waals surface area contributed by atoms with Crippen molar-refractivity contribution in [2.24, 2.45) is 0 Å². The Labute approximate surface area is 105 Å². The molecule has 4 nitrogen and oxygen atoms in total. The molecule has 0 spiro atoms. The van der Waals surface area contributed by atoms with E-state index in [9.17, 15) is 4.79 Å². The number of halogens is 1. The molecule has 0 saturated carbocycles. The lowest BCUT2D eigenvalue weighted by atomic mass is 10.1. The van der Waals surface area contributed by atoms with Gasteiger partial charge in [0, 0.05) is 11.3 Å². The van der Waals surface area contributed by atoms with Crippen molar-refractivity contribution in [2.75, 3.05) is 18.0 Å². The molecule has 0 atom stereocenters. The number of hydrogen-bond acceptors (Lipinski definition) is 4. The third-order valence-electron chi connectivity index (χ3n) is 2.22. The van der Waals surface area contributed by atoms with E-state index in [0.29, 0.717) is 16.3 Å². The molecule has 1 aromatic carbocycles. The van der Waals surface area contributed by atoms with Gasteiger partial charge in [0.1, 0.15) is 13.1 Å². The molecule has 0 aliphatic carbocycles. The number of benzene rings is 1. The fourth-order valence-corrected chi connectivity index (χ4v) is 1.70. The summed E-state index contributed by atoms with van der Waals surface area (Å²) in [5, 5.41) is 17.6. The summed E-state index contributed by atoms with van der Waals surface area (Å²) in [5.41, 5.74) is 1.09. The molecule has 0 bridgehead atoms. The number of carbonyl (C=O) groups excluding carboxylic acids is 1. The Hall–Kier alpha value is -2.04. The Morgan fingerprint density at radius 3 is 2.35 bits per heavy atom. The molecule has 0 saturated heterocycles. The minimum atomic E-state index is -0.117. The third-order valence-corrected chi connectivity index (χ3v) is 2.53. The second kappa shape index (κ2) is 5.89. The Balaban J connectivity index is 3.07. The number of rotatable bonds is 4. The van der Waals surface area contributed by atoms with Gasteiger partial charge in [0.2, 0.25) is 0 Å². The van der Waals surface area contributed by atoms with Gasteiger partial charge in [-0.25, -0.2) is 0 Å². The van der Waals surface area contributed by atoms with E-state index in [4.69, 9.17) is 22.1 Å². The molecule has 0 aromatic heterocycles. The quantitative estimate of drug-likeness (QED) is 0.605. The van der Waals surface area contributed by atoms with Gasteiger partial charge in [-0.3, -0.25) is 4.79 Å². The van der Waals surface area contributed by atoms with Crippen molar-refractivity contribution in [3.63, 3.8) is 0 Å². The summed E-state index contributed by atoms with van der Waals surface area (Å²) in [6, 6.07) is 8.81. The van der Waals surface area contributed by atoms with E-state index in [1.807, 2.05) is 12.1 Å². The van der Waals surface area contributed by atoms with Gasteiger partial charge >= 0.3 is 0 Å². The van der Waals surface area contributed by atoms with Crippen LogP contribution in [0.2, 0.25) is 5.02 Å². The smallest absolute Gasteiger partial charge is 0.161 e. The lowest BCUT2D eigenvalue weighted by Gasteiger charge is -2.18. The number of nitriles is 2. The summed E-state index contributed by atoms with van der Waals surface area (Å²) in [7, 11) is 0. The number of ketones is 1. The second-order valence-electron chi connectivity index (χ2n) is 3.39. The maximum Gasteiger partial charge on any atom is 0.161 e. The molecular weight excluding hydrogens is 238 g/mol. The first-order valence-corrected chi connectivity index (χ1v) is 5.27. The van der Waals surface area contributed by atoms with Crippen molar-refractivity contribution in [3.8, 4) is 12.1 Å². The van der Waals surface area contributed by atoms with Gasteiger partial charge < -0.3 is 4.90 Å². The lowest BCUT2D eigenvalue weighted by Crippen LogP contribution is -2.23. The number of Topliss-reactive ketones (excluding diaryl/α,β-unsaturated/α-hetero) is 1. The summed E-state index contributed by atoms with van der Waals surface area (Å²) >= 11 is 5.96. The fraction of sp³-hybridized carbons (Fsp3) is 0.250. The average Bonchev–Trinajstić information content (AvgIpc) is 2.28. The highest BCUT2D eigenvalue weighted by Crippen LogP contribution is 2.23. The van der Waals surface area contributed by atoms with Gasteiger partial charge in [-0.05, 0) is 25.1 Å². The first-order chi connectivity index (χ1) is 8.10. The molecule has 1 aromatic rings. The van der Waals surface area contributed by atoms with Gasteiger partial charge in [-0.15, -0.1) is 0 Å². The molecule has 5 heteroatoms. The summed E-state index contributed by atoms with van der Waals surface area (Å²) in [5.74, 6) is -0.117. The van der Waals surface area contributed by atoms with Crippen LogP contribution >= 0.6 is 11.6 Å². The molecule has 0 amide bonds. The van der Waals surface area contributed by atoms with Gasteiger partial charge in [0.05, 0.1) is 17.2 Å². The lowest BCUT2D eigenvalue weighted by molar-refractivity contribution is 0.101. The van der Waals surface area contributed by atoms with Gasteiger partial charge in [0.15, 0.2) is 5.78 Å². The number of anilines is 1. The molecule has 86 valence electrons. The summed E-state index contributed by atoms with van der Waals surface area (Å²) < 4.78 is 0. The molecule has 0 aliphatic heterocycles. The van der Waals surface area contributed by atoms with Crippen LogP contribution in [0.1, 0.15) is 17.3 Å². The Morgan fingerprint density at radius 1 is 1.35 bits per heavy atom. The zero-order valence-corrected chi connectivity index (χ0v) is 10.0. The van der Waals surface area contributed by atoms with Crippen molar-refractivity contribution >= 4 is 23.1 Å². The highest BCUT2D eigenvalue weighted by molar-refractivity contribution is 6.34. The van der Waals surface area contributed by atoms with Crippen LogP contribution in [0.4, 0.5) is 5.69 Å². The normalized spacial score (nSPS) is 9.18. The first kappa shape index (κ1) is 13.0. The van der Waals surface area contributed by atoms with Crippen molar-refractivity contribution < 1.29 is 4.79 Å². The van der Waals surface area contributed by atoms with Crippen molar-refractivity contribution in [2.45, 2.75) is 6.92 Å². The van der Waals surface area contributed by atoms with Crippen LogP contribution < -0.4 is 4.90 Å².